The van der Waals surface area contributed by atoms with E-state index in [0.29, 0.717) is 12.0 Å². The van der Waals surface area contributed by atoms with Gasteiger partial charge in [0.05, 0.1) is 5.69 Å². The fourth-order valence-electron chi connectivity index (χ4n) is 1.98. The monoisotopic (exact) mass is 285 g/mol. The Labute approximate surface area is 115 Å². The first-order chi connectivity index (χ1) is 8.62. The van der Waals surface area contributed by atoms with Crippen LogP contribution in [-0.2, 0) is 10.0 Å². The molecule has 0 heterocycles. The van der Waals surface area contributed by atoms with E-state index in [1.807, 2.05) is 0 Å². The Morgan fingerprint density at radius 2 is 1.79 bits per heavy atom. The van der Waals surface area contributed by atoms with Gasteiger partial charge in [-0.15, -0.1) is 0 Å². The van der Waals surface area contributed by atoms with Gasteiger partial charge >= 0.3 is 0 Å². The largest absolute Gasteiger partial charge is 0.398 e. The fraction of sp³-hybridized carbons (Fsp3) is 0.538. The summed E-state index contributed by atoms with van der Waals surface area (Å²) in [5.41, 5.74) is 6.89. The topological polar surface area (TPSA) is 89.4 Å². The Morgan fingerprint density at radius 1 is 1.21 bits per heavy atom. The molecule has 0 aliphatic heterocycles. The molecule has 0 saturated carbocycles. The molecule has 1 aromatic carbocycles. The van der Waals surface area contributed by atoms with Crippen molar-refractivity contribution in [2.45, 2.75) is 38.6 Å². The molecule has 0 saturated heterocycles. The molecule has 108 valence electrons. The SMILES string of the molecule is CC(C)CN(c1ccc(S(N)(=O)=O)c(N)c1)C(C)C. The van der Waals surface area contributed by atoms with Gasteiger partial charge < -0.3 is 10.6 Å². The van der Waals surface area contributed by atoms with Gasteiger partial charge in [0.1, 0.15) is 4.90 Å². The van der Waals surface area contributed by atoms with E-state index < -0.39 is 10.0 Å². The molecule has 0 aliphatic carbocycles. The van der Waals surface area contributed by atoms with Gasteiger partial charge in [0.15, 0.2) is 0 Å². The van der Waals surface area contributed by atoms with E-state index in [9.17, 15) is 8.42 Å². The third kappa shape index (κ3) is 4.11. The van der Waals surface area contributed by atoms with Crippen molar-refractivity contribution in [1.29, 1.82) is 0 Å². The van der Waals surface area contributed by atoms with Crippen molar-refractivity contribution >= 4 is 21.4 Å². The molecule has 4 N–H and O–H groups in total. The molecule has 1 rings (SSSR count). The highest BCUT2D eigenvalue weighted by molar-refractivity contribution is 7.89. The zero-order valence-electron chi connectivity index (χ0n) is 11.9. The number of primary sulfonamides is 1. The Balaban J connectivity index is 3.18. The number of nitrogens with zero attached hydrogens (tertiary/aromatic N) is 1. The molecule has 0 atom stereocenters. The number of benzene rings is 1. The first-order valence-electron chi connectivity index (χ1n) is 6.32. The van der Waals surface area contributed by atoms with Crippen LogP contribution >= 0.6 is 0 Å². The molecule has 0 amide bonds. The maximum atomic E-state index is 11.3. The van der Waals surface area contributed by atoms with Crippen LogP contribution in [-0.4, -0.2) is 21.0 Å². The predicted molar refractivity (Wildman–Crippen MR) is 79.5 cm³/mol. The number of rotatable bonds is 5. The molecule has 19 heavy (non-hydrogen) atoms. The van der Waals surface area contributed by atoms with Gasteiger partial charge in [0.2, 0.25) is 10.0 Å². The van der Waals surface area contributed by atoms with Crippen LogP contribution in [0, 0.1) is 5.92 Å². The van der Waals surface area contributed by atoms with Crippen LogP contribution in [0.15, 0.2) is 23.1 Å². The van der Waals surface area contributed by atoms with Crippen molar-refractivity contribution < 1.29 is 8.42 Å². The van der Waals surface area contributed by atoms with E-state index in [1.54, 1.807) is 12.1 Å². The van der Waals surface area contributed by atoms with Gasteiger partial charge in [-0.05, 0) is 38.0 Å². The summed E-state index contributed by atoms with van der Waals surface area (Å²) in [5, 5.41) is 5.10. The lowest BCUT2D eigenvalue weighted by Crippen LogP contribution is -2.34. The van der Waals surface area contributed by atoms with Crippen LogP contribution in [0.2, 0.25) is 0 Å². The van der Waals surface area contributed by atoms with E-state index in [-0.39, 0.29) is 10.6 Å². The van der Waals surface area contributed by atoms with Gasteiger partial charge in [-0.2, -0.15) is 0 Å². The smallest absolute Gasteiger partial charge is 0.240 e. The Hall–Kier alpha value is -1.27. The van der Waals surface area contributed by atoms with Gasteiger partial charge in [0.25, 0.3) is 0 Å². The van der Waals surface area contributed by atoms with E-state index >= 15 is 0 Å². The second-order valence-electron chi connectivity index (χ2n) is 5.41. The lowest BCUT2D eigenvalue weighted by atomic mass is 10.1. The third-order valence-electron chi connectivity index (χ3n) is 2.82. The number of sulfonamides is 1. The van der Waals surface area contributed by atoms with Gasteiger partial charge in [0, 0.05) is 18.3 Å². The molecular formula is C13H23N3O2S. The summed E-state index contributed by atoms with van der Waals surface area (Å²) < 4.78 is 22.7. The van der Waals surface area contributed by atoms with Crippen molar-refractivity contribution in [1.82, 2.24) is 0 Å². The highest BCUT2D eigenvalue weighted by atomic mass is 32.2. The van der Waals surface area contributed by atoms with Gasteiger partial charge in [-0.3, -0.25) is 0 Å². The number of anilines is 2. The summed E-state index contributed by atoms with van der Waals surface area (Å²) in [6, 6.07) is 5.19. The first kappa shape index (κ1) is 15.8. The lowest BCUT2D eigenvalue weighted by Gasteiger charge is -2.31. The normalized spacial score (nSPS) is 12.2. The predicted octanol–water partition coefficient (Wildman–Crippen LogP) is 1.79. The van der Waals surface area contributed by atoms with Gasteiger partial charge in [-0.1, -0.05) is 13.8 Å². The number of hydrogen-bond acceptors (Lipinski definition) is 4. The Morgan fingerprint density at radius 3 is 2.16 bits per heavy atom. The average molecular weight is 285 g/mol. The first-order valence-corrected chi connectivity index (χ1v) is 7.86. The molecule has 0 spiro atoms. The molecule has 1 aromatic rings. The average Bonchev–Trinajstić information content (AvgIpc) is 2.23. The zero-order chi connectivity index (χ0) is 14.8. The van der Waals surface area contributed by atoms with Crippen molar-refractivity contribution in [3.63, 3.8) is 0 Å². The van der Waals surface area contributed by atoms with Crippen molar-refractivity contribution in [3.8, 4) is 0 Å². The van der Waals surface area contributed by atoms with Crippen LogP contribution in [0.1, 0.15) is 27.7 Å². The minimum Gasteiger partial charge on any atom is -0.398 e. The lowest BCUT2D eigenvalue weighted by molar-refractivity contribution is 0.571. The van der Waals surface area contributed by atoms with Crippen LogP contribution < -0.4 is 15.8 Å². The van der Waals surface area contributed by atoms with Crippen LogP contribution in [0.25, 0.3) is 0 Å². The summed E-state index contributed by atoms with van der Waals surface area (Å²) >= 11 is 0. The summed E-state index contributed by atoms with van der Waals surface area (Å²) in [6.45, 7) is 9.33. The maximum absolute atomic E-state index is 11.3. The molecule has 0 fully saturated rings. The van der Waals surface area contributed by atoms with Crippen LogP contribution in [0.4, 0.5) is 11.4 Å². The standard InChI is InChI=1S/C13H23N3O2S/c1-9(2)8-16(10(3)4)11-5-6-13(12(14)7-11)19(15,17)18/h5-7,9-10H,8,14H2,1-4H3,(H2,15,17,18). The maximum Gasteiger partial charge on any atom is 0.240 e. The minimum absolute atomic E-state index is 0.0236. The fourth-order valence-corrected chi connectivity index (χ4v) is 2.63. The van der Waals surface area contributed by atoms with Crippen LogP contribution in [0.5, 0.6) is 0 Å². The second-order valence-corrected chi connectivity index (χ2v) is 6.94. The molecule has 6 heteroatoms. The van der Waals surface area contributed by atoms with E-state index in [1.165, 1.54) is 6.07 Å². The minimum atomic E-state index is -3.76. The van der Waals surface area contributed by atoms with Crippen molar-refractivity contribution in [2.24, 2.45) is 11.1 Å². The molecule has 0 bridgehead atoms. The van der Waals surface area contributed by atoms with Crippen molar-refractivity contribution in [3.05, 3.63) is 18.2 Å². The van der Waals surface area contributed by atoms with E-state index in [4.69, 9.17) is 10.9 Å². The Kier molecular flexibility index (Phi) is 4.81. The van der Waals surface area contributed by atoms with E-state index in [0.717, 1.165) is 12.2 Å². The highest BCUT2D eigenvalue weighted by Gasteiger charge is 2.17. The molecule has 0 unspecified atom stereocenters. The summed E-state index contributed by atoms with van der Waals surface area (Å²) in [6.07, 6.45) is 0. The third-order valence-corrected chi connectivity index (χ3v) is 3.80. The zero-order valence-corrected chi connectivity index (χ0v) is 12.7. The summed E-state index contributed by atoms with van der Waals surface area (Å²) in [5.74, 6) is 0.501. The molecule has 5 nitrogen and oxygen atoms in total. The summed E-state index contributed by atoms with van der Waals surface area (Å²) in [4.78, 5) is 2.16. The van der Waals surface area contributed by atoms with Crippen LogP contribution in [0.3, 0.4) is 0 Å². The second kappa shape index (κ2) is 5.79. The quantitative estimate of drug-likeness (QED) is 0.807. The van der Waals surface area contributed by atoms with Gasteiger partial charge in [-0.25, -0.2) is 13.6 Å². The molecule has 0 aliphatic rings. The van der Waals surface area contributed by atoms with Crippen molar-refractivity contribution in [2.75, 3.05) is 17.2 Å². The highest BCUT2D eigenvalue weighted by Crippen LogP contribution is 2.26. The summed E-state index contributed by atoms with van der Waals surface area (Å²) in [7, 11) is -3.76. The Bertz CT molecular complexity index is 539. The van der Waals surface area contributed by atoms with E-state index in [2.05, 4.69) is 32.6 Å². The molecule has 0 aromatic heterocycles. The molecule has 0 radical (unpaired) electrons. The number of nitrogen functional groups attached to an aromatic ring is 1. The molecular weight excluding hydrogens is 262 g/mol. The number of nitrogens with two attached hydrogens (primary N) is 2. The number of hydrogen-bond donors (Lipinski definition) is 2.